The minimum Gasteiger partial charge on any atom is -0.369 e. The van der Waals surface area contributed by atoms with Crippen LogP contribution in [0.15, 0.2) is 23.1 Å². The number of sulfonamides is 1. The van der Waals surface area contributed by atoms with E-state index in [2.05, 4.69) is 0 Å². The summed E-state index contributed by atoms with van der Waals surface area (Å²) in [5.74, 6) is -0.873. The van der Waals surface area contributed by atoms with Gasteiger partial charge < -0.3 is 5.73 Å². The van der Waals surface area contributed by atoms with E-state index in [9.17, 15) is 23.3 Å². The Morgan fingerprint density at radius 3 is 2.61 bits per heavy atom. The lowest BCUT2D eigenvalue weighted by Crippen LogP contribution is -2.33. The summed E-state index contributed by atoms with van der Waals surface area (Å²) in [5.41, 5.74) is 4.24. The molecule has 0 unspecified atom stereocenters. The summed E-state index contributed by atoms with van der Waals surface area (Å²) in [4.78, 5) is 19.9. The van der Waals surface area contributed by atoms with Crippen molar-refractivity contribution in [2.24, 2.45) is 5.73 Å². The number of halogens is 1. The van der Waals surface area contributed by atoms with Gasteiger partial charge in [-0.2, -0.15) is 0 Å². The number of nitrogens with one attached hydrogen (secondary N) is 1. The van der Waals surface area contributed by atoms with Gasteiger partial charge in [-0.1, -0.05) is 11.6 Å². The molecule has 0 heterocycles. The molecule has 1 aromatic carbocycles. The summed E-state index contributed by atoms with van der Waals surface area (Å²) >= 11 is 5.54. The molecule has 18 heavy (non-hydrogen) atoms. The van der Waals surface area contributed by atoms with Crippen LogP contribution in [0.4, 0.5) is 5.69 Å². The maximum atomic E-state index is 11.6. The maximum absolute atomic E-state index is 11.6. The molecule has 10 heteroatoms. The van der Waals surface area contributed by atoms with E-state index in [4.69, 9.17) is 17.3 Å². The van der Waals surface area contributed by atoms with Gasteiger partial charge >= 0.3 is 0 Å². The average molecular weight is 294 g/mol. The molecule has 1 aromatic rings. The van der Waals surface area contributed by atoms with Crippen LogP contribution in [-0.4, -0.2) is 25.8 Å². The Labute approximate surface area is 107 Å². The number of hydrogen-bond acceptors (Lipinski definition) is 5. The van der Waals surface area contributed by atoms with Gasteiger partial charge in [0.15, 0.2) is 0 Å². The second-order valence-electron chi connectivity index (χ2n) is 3.16. The highest BCUT2D eigenvalue weighted by Gasteiger charge is 2.20. The quantitative estimate of drug-likeness (QED) is 0.583. The summed E-state index contributed by atoms with van der Waals surface area (Å²) in [6.45, 7) is -0.598. The summed E-state index contributed by atoms with van der Waals surface area (Å²) in [6.07, 6.45) is 0. The molecule has 0 aliphatic rings. The molecular formula is C8H8ClN3O5S. The molecule has 0 saturated carbocycles. The van der Waals surface area contributed by atoms with Crippen molar-refractivity contribution in [3.8, 4) is 0 Å². The van der Waals surface area contributed by atoms with Gasteiger partial charge in [0.2, 0.25) is 15.9 Å². The van der Waals surface area contributed by atoms with Crippen molar-refractivity contribution < 1.29 is 18.1 Å². The van der Waals surface area contributed by atoms with Crippen molar-refractivity contribution in [1.82, 2.24) is 4.72 Å². The number of hydrogen-bond donors (Lipinski definition) is 2. The number of benzene rings is 1. The van der Waals surface area contributed by atoms with Crippen LogP contribution < -0.4 is 10.5 Å². The van der Waals surface area contributed by atoms with Gasteiger partial charge in [0.05, 0.1) is 16.4 Å². The fourth-order valence-corrected chi connectivity index (χ4v) is 2.25. The minimum absolute atomic E-state index is 0.186. The molecule has 8 nitrogen and oxygen atoms in total. The minimum atomic E-state index is -4.04. The largest absolute Gasteiger partial charge is 0.369 e. The Morgan fingerprint density at radius 2 is 2.11 bits per heavy atom. The summed E-state index contributed by atoms with van der Waals surface area (Å²) in [5, 5.41) is 10.4. The van der Waals surface area contributed by atoms with Crippen molar-refractivity contribution in [2.45, 2.75) is 4.90 Å². The number of carbonyl (C=O) groups excluding carboxylic acids is 1. The number of rotatable bonds is 5. The van der Waals surface area contributed by atoms with E-state index >= 15 is 0 Å². The fraction of sp³-hybridized carbons (Fsp3) is 0.125. The van der Waals surface area contributed by atoms with E-state index in [0.717, 1.165) is 18.2 Å². The van der Waals surface area contributed by atoms with E-state index in [1.165, 1.54) is 0 Å². The van der Waals surface area contributed by atoms with E-state index in [1.54, 1.807) is 0 Å². The first kappa shape index (κ1) is 14.4. The first-order valence-corrected chi connectivity index (χ1v) is 6.32. The number of amides is 1. The Hall–Kier alpha value is -1.71. The Bertz CT molecular complexity index is 601. The summed E-state index contributed by atoms with van der Waals surface area (Å²) in [7, 11) is -4.04. The van der Waals surface area contributed by atoms with Crippen LogP contribution in [0, 0.1) is 10.1 Å². The second kappa shape index (κ2) is 5.29. The number of carbonyl (C=O) groups is 1. The summed E-state index contributed by atoms with van der Waals surface area (Å²) < 4.78 is 25.2. The van der Waals surface area contributed by atoms with Crippen molar-refractivity contribution >= 4 is 33.2 Å². The topological polar surface area (TPSA) is 132 Å². The third-order valence-corrected chi connectivity index (χ3v) is 3.58. The number of nitrogens with zero attached hydrogens (tertiary/aromatic N) is 1. The van der Waals surface area contributed by atoms with Crippen LogP contribution in [0.2, 0.25) is 5.02 Å². The van der Waals surface area contributed by atoms with Gasteiger partial charge in [-0.15, -0.1) is 0 Å². The number of nitrogens with two attached hydrogens (primary N) is 1. The van der Waals surface area contributed by atoms with E-state index in [0.29, 0.717) is 0 Å². The van der Waals surface area contributed by atoms with Gasteiger partial charge in [0.1, 0.15) is 5.02 Å². The fourth-order valence-electron chi connectivity index (χ4n) is 1.05. The van der Waals surface area contributed by atoms with Crippen LogP contribution in [-0.2, 0) is 14.8 Å². The van der Waals surface area contributed by atoms with Gasteiger partial charge in [-0.25, -0.2) is 13.1 Å². The Morgan fingerprint density at radius 1 is 1.50 bits per heavy atom. The van der Waals surface area contributed by atoms with Gasteiger partial charge in [-0.05, 0) is 12.1 Å². The monoisotopic (exact) mass is 293 g/mol. The van der Waals surface area contributed by atoms with Crippen LogP contribution in [0.3, 0.4) is 0 Å². The first-order chi connectivity index (χ1) is 8.24. The molecular weight excluding hydrogens is 286 g/mol. The van der Waals surface area contributed by atoms with Crippen LogP contribution in [0.25, 0.3) is 0 Å². The predicted molar refractivity (Wildman–Crippen MR) is 62.5 cm³/mol. The van der Waals surface area contributed by atoms with Crippen LogP contribution in [0.1, 0.15) is 0 Å². The first-order valence-electron chi connectivity index (χ1n) is 4.46. The highest BCUT2D eigenvalue weighted by atomic mass is 35.5. The zero-order chi connectivity index (χ0) is 13.9. The smallest absolute Gasteiger partial charge is 0.289 e. The molecule has 0 radical (unpaired) electrons. The molecule has 0 atom stereocenters. The highest BCUT2D eigenvalue weighted by molar-refractivity contribution is 7.89. The number of nitro groups is 1. The summed E-state index contributed by atoms with van der Waals surface area (Å²) in [6, 6.07) is 2.96. The van der Waals surface area contributed by atoms with E-state index < -0.39 is 33.1 Å². The van der Waals surface area contributed by atoms with Gasteiger partial charge in [-0.3, -0.25) is 14.9 Å². The number of nitro benzene ring substituents is 1. The average Bonchev–Trinajstić information content (AvgIpc) is 2.26. The second-order valence-corrected chi connectivity index (χ2v) is 5.34. The molecule has 3 N–H and O–H groups in total. The lowest BCUT2D eigenvalue weighted by Gasteiger charge is -2.05. The molecule has 1 rings (SSSR count). The SMILES string of the molecule is NC(=O)CNS(=O)(=O)c1ccc(Cl)c([N+](=O)[O-])c1. The zero-order valence-corrected chi connectivity index (χ0v) is 10.4. The van der Waals surface area contributed by atoms with E-state index in [-0.39, 0.29) is 9.92 Å². The lowest BCUT2D eigenvalue weighted by atomic mass is 10.3. The lowest BCUT2D eigenvalue weighted by molar-refractivity contribution is -0.384. The predicted octanol–water partition coefficient (Wildman–Crippen LogP) is 0.0118. The Balaban J connectivity index is 3.14. The molecule has 0 aliphatic heterocycles. The van der Waals surface area contributed by atoms with Crippen LogP contribution >= 0.6 is 11.6 Å². The molecule has 0 saturated heterocycles. The number of primary amides is 1. The molecule has 0 fully saturated rings. The van der Waals surface area contributed by atoms with E-state index in [1.807, 2.05) is 4.72 Å². The molecule has 1 amide bonds. The van der Waals surface area contributed by atoms with Crippen LogP contribution in [0.5, 0.6) is 0 Å². The van der Waals surface area contributed by atoms with Crippen molar-refractivity contribution in [1.29, 1.82) is 0 Å². The standard InChI is InChI=1S/C8H8ClN3O5S/c9-6-2-1-5(3-7(6)12(14)15)18(16,17)11-4-8(10)13/h1-3,11H,4H2,(H2,10,13). The maximum Gasteiger partial charge on any atom is 0.289 e. The molecule has 0 bridgehead atoms. The Kier molecular flexibility index (Phi) is 4.22. The third kappa shape index (κ3) is 3.39. The molecule has 0 aliphatic carbocycles. The highest BCUT2D eigenvalue weighted by Crippen LogP contribution is 2.26. The van der Waals surface area contributed by atoms with Crippen molar-refractivity contribution in [3.05, 3.63) is 33.3 Å². The zero-order valence-electron chi connectivity index (χ0n) is 8.79. The molecule has 98 valence electrons. The normalized spacial score (nSPS) is 11.2. The third-order valence-electron chi connectivity index (χ3n) is 1.86. The van der Waals surface area contributed by atoms with Gasteiger partial charge in [0.25, 0.3) is 5.69 Å². The van der Waals surface area contributed by atoms with Crippen molar-refractivity contribution in [2.75, 3.05) is 6.54 Å². The molecule has 0 spiro atoms. The molecule has 0 aromatic heterocycles. The van der Waals surface area contributed by atoms with Gasteiger partial charge in [0, 0.05) is 6.07 Å². The van der Waals surface area contributed by atoms with Crippen molar-refractivity contribution in [3.63, 3.8) is 0 Å².